The van der Waals surface area contributed by atoms with Crippen molar-refractivity contribution in [2.24, 2.45) is 35.5 Å². The number of thiophene rings is 1. The molecular formula is C41H59IrN2O2SSi-. The zero-order chi connectivity index (χ0) is 35.5. The number of carbonyl (C=O) groups excluding carboxylic acids is 1. The topological polar surface area (TPSA) is 63.1 Å². The molecule has 4 nitrogen and oxygen atoms in total. The Hall–Kier alpha value is -2.18. The van der Waals surface area contributed by atoms with E-state index in [4.69, 9.17) is 4.98 Å². The second kappa shape index (κ2) is 17.2. The summed E-state index contributed by atoms with van der Waals surface area (Å²) >= 11 is 1.89. The summed E-state index contributed by atoms with van der Waals surface area (Å²) < 4.78 is 2.72. The van der Waals surface area contributed by atoms with Gasteiger partial charge in [0.2, 0.25) is 0 Å². The third-order valence-corrected chi connectivity index (χ3v) is 14.1. The molecule has 0 saturated carbocycles. The first-order valence-electron chi connectivity index (χ1n) is 17.4. The van der Waals surface area contributed by atoms with Crippen LogP contribution >= 0.6 is 11.3 Å². The minimum atomic E-state index is -1.42. The number of nitrogens with zero attached hydrogens (tertiary/aromatic N) is 2. The van der Waals surface area contributed by atoms with E-state index < -0.39 is 8.07 Å². The predicted octanol–water partition coefficient (Wildman–Crippen LogP) is 11.4. The molecule has 0 spiro atoms. The molecule has 4 rings (SSSR count). The van der Waals surface area contributed by atoms with Crippen LogP contribution in [0.5, 0.6) is 0 Å². The number of aromatic nitrogens is 2. The third-order valence-electron chi connectivity index (χ3n) is 9.15. The quantitative estimate of drug-likeness (QED) is 0.0747. The molecule has 48 heavy (non-hydrogen) atoms. The molecule has 2 aromatic carbocycles. The number of aliphatic hydroxyl groups excluding tert-OH is 1. The number of hydrogen-bond acceptors (Lipinski definition) is 5. The number of ketones is 1. The standard InChI is InChI=1S/C24H27N2SSi.C17H32O2.Ir/c1-14(2)20-12-18(11-17-10-15(3)8-9-19(17)20)22-23-21(25-13-26-22)16(4)24(27-23)28(5,6)7;1-10(2)16(11(3)4)14(18)9-15(19)17(12(5)6)13(7)8;/h8-10,12-14H,1-7H3;9-13,16-18H,1-8H3;/q-1;;/b;14-9-;. The minimum Gasteiger partial charge on any atom is -0.512 e. The van der Waals surface area contributed by atoms with E-state index in [1.54, 1.807) is 6.33 Å². The van der Waals surface area contributed by atoms with Gasteiger partial charge in [0, 0.05) is 48.4 Å². The molecule has 0 unspecified atom stereocenters. The summed E-state index contributed by atoms with van der Waals surface area (Å²) in [6.07, 6.45) is 3.20. The van der Waals surface area contributed by atoms with Crippen molar-refractivity contribution in [3.8, 4) is 11.3 Å². The number of allylic oxidation sites excluding steroid dienone is 2. The molecule has 0 bridgehead atoms. The Morgan fingerprint density at radius 3 is 1.92 bits per heavy atom. The van der Waals surface area contributed by atoms with Crippen LogP contribution in [-0.4, -0.2) is 28.9 Å². The Labute approximate surface area is 309 Å². The molecule has 0 saturated heterocycles. The van der Waals surface area contributed by atoms with Crippen molar-refractivity contribution >= 4 is 50.7 Å². The molecule has 4 aromatic rings. The van der Waals surface area contributed by atoms with Gasteiger partial charge in [-0.3, -0.25) is 9.78 Å². The van der Waals surface area contributed by atoms with Gasteiger partial charge < -0.3 is 5.11 Å². The fourth-order valence-corrected chi connectivity index (χ4v) is 11.0. The zero-order valence-electron chi connectivity index (χ0n) is 32.0. The van der Waals surface area contributed by atoms with Crippen molar-refractivity contribution in [2.75, 3.05) is 0 Å². The van der Waals surface area contributed by atoms with E-state index in [1.807, 2.05) is 11.3 Å². The molecule has 0 fully saturated rings. The first kappa shape index (κ1) is 42.0. The number of aliphatic hydroxyl groups is 1. The summed E-state index contributed by atoms with van der Waals surface area (Å²) in [6.45, 7) is 32.7. The Bertz CT molecular complexity index is 1710. The van der Waals surface area contributed by atoms with Gasteiger partial charge in [0.05, 0.1) is 19.3 Å². The average Bonchev–Trinajstić information content (AvgIpc) is 3.28. The molecule has 2 heterocycles. The van der Waals surface area contributed by atoms with Crippen LogP contribution in [0.25, 0.3) is 32.2 Å². The van der Waals surface area contributed by atoms with Gasteiger partial charge in [0.15, 0.2) is 5.78 Å². The van der Waals surface area contributed by atoms with Gasteiger partial charge in [-0.15, -0.1) is 40.5 Å². The third kappa shape index (κ3) is 9.74. The molecule has 0 amide bonds. The van der Waals surface area contributed by atoms with E-state index in [1.165, 1.54) is 42.7 Å². The van der Waals surface area contributed by atoms with E-state index in [2.05, 4.69) is 138 Å². The maximum Gasteiger partial charge on any atom is 0.162 e. The van der Waals surface area contributed by atoms with Crippen LogP contribution in [0.3, 0.4) is 0 Å². The Kier molecular flexibility index (Phi) is 15.0. The second-order valence-corrected chi connectivity index (χ2v) is 22.4. The Morgan fingerprint density at radius 2 is 1.42 bits per heavy atom. The smallest absolute Gasteiger partial charge is 0.162 e. The molecular weight excluding hydrogens is 805 g/mol. The van der Waals surface area contributed by atoms with Gasteiger partial charge in [-0.2, -0.15) is 0 Å². The van der Waals surface area contributed by atoms with Gasteiger partial charge in [-0.05, 0) is 53.5 Å². The number of carbonyl (C=O) groups is 1. The van der Waals surface area contributed by atoms with Crippen LogP contribution in [-0.2, 0) is 24.9 Å². The maximum absolute atomic E-state index is 12.3. The van der Waals surface area contributed by atoms with Crippen molar-refractivity contribution in [3.05, 3.63) is 65.2 Å². The number of benzene rings is 2. The summed E-state index contributed by atoms with van der Waals surface area (Å²) in [5, 5.41) is 12.7. The summed E-state index contributed by atoms with van der Waals surface area (Å²) in [7, 11) is -1.42. The molecule has 0 atom stereocenters. The van der Waals surface area contributed by atoms with Gasteiger partial charge >= 0.3 is 0 Å². The largest absolute Gasteiger partial charge is 0.512 e. The van der Waals surface area contributed by atoms with Crippen molar-refractivity contribution in [1.82, 2.24) is 9.97 Å². The molecule has 1 N–H and O–H groups in total. The Morgan fingerprint density at radius 1 is 0.854 bits per heavy atom. The van der Waals surface area contributed by atoms with Crippen molar-refractivity contribution in [3.63, 3.8) is 0 Å². The number of aryl methyl sites for hydroxylation is 2. The maximum atomic E-state index is 12.3. The zero-order valence-corrected chi connectivity index (χ0v) is 36.2. The second-order valence-electron chi connectivity index (χ2n) is 16.0. The van der Waals surface area contributed by atoms with E-state index in [9.17, 15) is 9.90 Å². The SMILES string of the molecule is CC(C)C(C(=O)/C=C(\O)C(C(C)C)C(C)C)C(C)C.Cc1ccc2c(C(C)C)cc(-c3ncnc4c(C)c([Si](C)(C)C)sc34)[c-]c2c1.[Ir]. The summed E-state index contributed by atoms with van der Waals surface area (Å²) in [5.74, 6) is 2.07. The monoisotopic (exact) mass is 864 g/mol. The van der Waals surface area contributed by atoms with Gasteiger partial charge in [-0.1, -0.05) is 118 Å². The van der Waals surface area contributed by atoms with Crippen molar-refractivity contribution in [2.45, 2.75) is 109 Å². The van der Waals surface area contributed by atoms with Crippen LogP contribution in [0.1, 0.15) is 91.8 Å². The summed E-state index contributed by atoms with van der Waals surface area (Å²) in [5.41, 5.74) is 7.16. The fraction of sp³-hybridized carbons (Fsp3) is 0.537. The van der Waals surface area contributed by atoms with E-state index >= 15 is 0 Å². The van der Waals surface area contributed by atoms with Gasteiger partial charge in [0.1, 0.15) is 6.33 Å². The number of hydrogen-bond donors (Lipinski definition) is 1. The molecule has 1 radical (unpaired) electrons. The van der Waals surface area contributed by atoms with E-state index in [-0.39, 0.29) is 43.5 Å². The van der Waals surface area contributed by atoms with Crippen LogP contribution in [0, 0.1) is 55.4 Å². The number of fused-ring (bicyclic) bond motifs is 2. The molecule has 0 aliphatic rings. The average molecular weight is 864 g/mol. The van der Waals surface area contributed by atoms with E-state index in [0.29, 0.717) is 29.6 Å². The molecule has 2 aromatic heterocycles. The van der Waals surface area contributed by atoms with Gasteiger partial charge in [0.25, 0.3) is 0 Å². The molecule has 0 aliphatic heterocycles. The normalized spacial score (nSPS) is 12.7. The minimum absolute atomic E-state index is 0. The summed E-state index contributed by atoms with van der Waals surface area (Å²) in [6, 6.07) is 12.6. The summed E-state index contributed by atoms with van der Waals surface area (Å²) in [4.78, 5) is 21.7. The van der Waals surface area contributed by atoms with Crippen LogP contribution in [0.15, 0.2) is 42.4 Å². The first-order valence-corrected chi connectivity index (χ1v) is 21.7. The fourth-order valence-electron chi connectivity index (χ4n) is 7.18. The van der Waals surface area contributed by atoms with Crippen LogP contribution in [0.2, 0.25) is 19.6 Å². The molecule has 0 aliphatic carbocycles. The van der Waals surface area contributed by atoms with Gasteiger partial charge in [-0.25, -0.2) is 4.98 Å². The van der Waals surface area contributed by atoms with Crippen LogP contribution in [0.4, 0.5) is 0 Å². The van der Waals surface area contributed by atoms with Crippen molar-refractivity contribution in [1.29, 1.82) is 0 Å². The van der Waals surface area contributed by atoms with E-state index in [0.717, 1.165) is 16.8 Å². The van der Waals surface area contributed by atoms with Crippen molar-refractivity contribution < 1.29 is 30.0 Å². The Balaban J connectivity index is 0.000000355. The molecule has 7 heteroatoms. The molecule has 265 valence electrons. The first-order chi connectivity index (χ1) is 21.8. The number of rotatable bonds is 10. The van der Waals surface area contributed by atoms with Crippen LogP contribution < -0.4 is 4.50 Å². The predicted molar refractivity (Wildman–Crippen MR) is 208 cm³/mol.